The Morgan fingerprint density at radius 1 is 1.10 bits per heavy atom. The number of hydrogen-bond acceptors (Lipinski definition) is 3. The molecule has 3 heterocycles. The number of nitrogens with zero attached hydrogens (tertiary/aromatic N) is 3. The van der Waals surface area contributed by atoms with Crippen LogP contribution >= 0.6 is 12.4 Å². The molecule has 4 nitrogen and oxygen atoms in total. The second kappa shape index (κ2) is 7.19. The van der Waals surface area contributed by atoms with Crippen molar-refractivity contribution in [1.82, 2.24) is 4.90 Å². The first-order valence-electron chi connectivity index (χ1n) is 10.2. The number of hydrogen-bond donors (Lipinski definition) is 0. The van der Waals surface area contributed by atoms with Crippen LogP contribution in [0.25, 0.3) is 0 Å². The highest BCUT2D eigenvalue weighted by Gasteiger charge is 2.48. The van der Waals surface area contributed by atoms with Crippen LogP contribution < -0.4 is 9.80 Å². The van der Waals surface area contributed by atoms with Crippen LogP contribution in [0.3, 0.4) is 0 Å². The molecule has 0 aromatic heterocycles. The summed E-state index contributed by atoms with van der Waals surface area (Å²) in [6, 6.07) is 15.0. The summed E-state index contributed by atoms with van der Waals surface area (Å²) in [6.07, 6.45) is 3.79. The van der Waals surface area contributed by atoms with Gasteiger partial charge in [0.15, 0.2) is 0 Å². The lowest BCUT2D eigenvalue weighted by Gasteiger charge is -2.39. The van der Waals surface area contributed by atoms with E-state index in [0.29, 0.717) is 0 Å². The van der Waals surface area contributed by atoms with Crippen molar-refractivity contribution < 1.29 is 4.79 Å². The van der Waals surface area contributed by atoms with Gasteiger partial charge in [-0.1, -0.05) is 36.9 Å². The Labute approximate surface area is 179 Å². The molecule has 1 saturated heterocycles. The van der Waals surface area contributed by atoms with Gasteiger partial charge >= 0.3 is 0 Å². The van der Waals surface area contributed by atoms with Crippen molar-refractivity contribution in [3.8, 4) is 0 Å². The van der Waals surface area contributed by atoms with E-state index in [1.807, 2.05) is 11.0 Å². The molecule has 3 aliphatic heterocycles. The summed E-state index contributed by atoms with van der Waals surface area (Å²) < 4.78 is 0. The van der Waals surface area contributed by atoms with E-state index in [1.54, 1.807) is 0 Å². The third-order valence-corrected chi connectivity index (χ3v) is 6.99. The van der Waals surface area contributed by atoms with Crippen LogP contribution in [-0.4, -0.2) is 37.5 Å². The predicted octanol–water partition coefficient (Wildman–Crippen LogP) is 4.82. The van der Waals surface area contributed by atoms with E-state index < -0.39 is 0 Å². The second-order valence-electron chi connectivity index (χ2n) is 8.49. The van der Waals surface area contributed by atoms with Crippen molar-refractivity contribution in [2.75, 3.05) is 36.5 Å². The molecule has 0 radical (unpaired) electrons. The molecule has 0 saturated carbocycles. The Hall–Kier alpha value is -2.30. The SMILES string of the molecule is C=CC(=O)N1c2ccccc2N2CC3(CCN(C)CC3)c3cccc(c32)C1C.Cl. The molecule has 2 aromatic carbocycles. The molecule has 0 bridgehead atoms. The first kappa shape index (κ1) is 20.0. The zero-order chi connectivity index (χ0) is 19.5. The first-order valence-corrected chi connectivity index (χ1v) is 10.2. The number of para-hydroxylation sites is 3. The van der Waals surface area contributed by atoms with Gasteiger partial charge < -0.3 is 9.80 Å². The largest absolute Gasteiger partial charge is 0.338 e. The predicted molar refractivity (Wildman–Crippen MR) is 122 cm³/mol. The highest BCUT2D eigenvalue weighted by molar-refractivity contribution is 6.05. The average molecular weight is 410 g/mol. The van der Waals surface area contributed by atoms with Gasteiger partial charge in [0.1, 0.15) is 0 Å². The monoisotopic (exact) mass is 409 g/mol. The molecule has 3 aliphatic rings. The Morgan fingerprint density at radius 3 is 2.48 bits per heavy atom. The van der Waals surface area contributed by atoms with Gasteiger partial charge in [0.2, 0.25) is 0 Å². The van der Waals surface area contributed by atoms with Gasteiger partial charge in [-0.25, -0.2) is 0 Å². The second-order valence-corrected chi connectivity index (χ2v) is 8.49. The lowest BCUT2D eigenvalue weighted by Crippen LogP contribution is -2.43. The smallest absolute Gasteiger partial charge is 0.251 e. The van der Waals surface area contributed by atoms with Crippen molar-refractivity contribution in [3.63, 3.8) is 0 Å². The van der Waals surface area contributed by atoms with Crippen LogP contribution in [0.15, 0.2) is 55.1 Å². The third kappa shape index (κ3) is 2.81. The molecular formula is C24H28ClN3O. The van der Waals surface area contributed by atoms with Crippen LogP contribution in [0, 0.1) is 0 Å². The Bertz CT molecular complexity index is 964. The fraction of sp³-hybridized carbons (Fsp3) is 0.375. The Balaban J connectivity index is 0.00000205. The molecule has 1 atom stereocenters. The Kier molecular flexibility index (Phi) is 4.96. The fourth-order valence-corrected chi connectivity index (χ4v) is 5.43. The van der Waals surface area contributed by atoms with Crippen molar-refractivity contribution in [2.24, 2.45) is 0 Å². The van der Waals surface area contributed by atoms with Crippen LogP contribution in [0.2, 0.25) is 0 Å². The number of amides is 1. The molecule has 0 aliphatic carbocycles. The van der Waals surface area contributed by atoms with E-state index in [1.165, 1.54) is 35.7 Å². The number of piperidine rings is 1. The number of halogens is 1. The quantitative estimate of drug-likeness (QED) is 0.632. The van der Waals surface area contributed by atoms with Crippen molar-refractivity contribution in [3.05, 3.63) is 66.2 Å². The normalized spacial score (nSPS) is 21.8. The van der Waals surface area contributed by atoms with Gasteiger partial charge in [0.25, 0.3) is 5.91 Å². The highest BCUT2D eigenvalue weighted by Crippen LogP contribution is 2.56. The molecule has 1 spiro atoms. The molecule has 5 rings (SSSR count). The minimum absolute atomic E-state index is 0. The summed E-state index contributed by atoms with van der Waals surface area (Å²) in [5.41, 5.74) is 6.34. The molecule has 1 amide bonds. The van der Waals surface area contributed by atoms with E-state index in [4.69, 9.17) is 0 Å². The zero-order valence-electron chi connectivity index (χ0n) is 17.1. The topological polar surface area (TPSA) is 26.8 Å². The first-order chi connectivity index (χ1) is 13.6. The molecule has 1 fully saturated rings. The van der Waals surface area contributed by atoms with Gasteiger partial charge in [-0.2, -0.15) is 0 Å². The minimum atomic E-state index is -0.0484. The summed E-state index contributed by atoms with van der Waals surface area (Å²) in [6.45, 7) is 9.14. The zero-order valence-corrected chi connectivity index (χ0v) is 17.9. The maximum atomic E-state index is 12.8. The van der Waals surface area contributed by atoms with E-state index in [-0.39, 0.29) is 29.8 Å². The van der Waals surface area contributed by atoms with E-state index >= 15 is 0 Å². The number of fused-ring (bicyclic) bond motifs is 3. The lowest BCUT2D eigenvalue weighted by atomic mass is 9.74. The van der Waals surface area contributed by atoms with Gasteiger partial charge in [-0.05, 0) is 69.2 Å². The number of rotatable bonds is 1. The lowest BCUT2D eigenvalue weighted by molar-refractivity contribution is -0.114. The van der Waals surface area contributed by atoms with E-state index in [9.17, 15) is 4.79 Å². The summed E-state index contributed by atoms with van der Waals surface area (Å²) in [5.74, 6) is -0.0484. The maximum Gasteiger partial charge on any atom is 0.251 e. The van der Waals surface area contributed by atoms with E-state index in [0.717, 1.165) is 31.0 Å². The molecular weight excluding hydrogens is 382 g/mol. The summed E-state index contributed by atoms with van der Waals surface area (Å²) in [4.78, 5) is 19.6. The van der Waals surface area contributed by atoms with Crippen molar-refractivity contribution >= 4 is 35.4 Å². The summed E-state index contributed by atoms with van der Waals surface area (Å²) in [7, 11) is 2.22. The van der Waals surface area contributed by atoms with Crippen LogP contribution in [-0.2, 0) is 10.2 Å². The molecule has 1 unspecified atom stereocenters. The number of likely N-dealkylation sites (tertiary alicyclic amines) is 1. The minimum Gasteiger partial charge on any atom is -0.338 e. The number of benzene rings is 2. The number of carbonyl (C=O) groups excluding carboxylic acids is 1. The highest BCUT2D eigenvalue weighted by atomic mass is 35.5. The fourth-order valence-electron chi connectivity index (χ4n) is 5.43. The molecule has 29 heavy (non-hydrogen) atoms. The maximum absolute atomic E-state index is 12.8. The molecule has 5 heteroatoms. The number of carbonyl (C=O) groups is 1. The van der Waals surface area contributed by atoms with Crippen LogP contribution in [0.4, 0.5) is 17.1 Å². The van der Waals surface area contributed by atoms with Crippen LogP contribution in [0.5, 0.6) is 0 Å². The van der Waals surface area contributed by atoms with E-state index in [2.05, 4.69) is 66.7 Å². The Morgan fingerprint density at radius 2 is 1.79 bits per heavy atom. The molecule has 152 valence electrons. The third-order valence-electron chi connectivity index (χ3n) is 6.99. The summed E-state index contributed by atoms with van der Waals surface area (Å²) >= 11 is 0. The van der Waals surface area contributed by atoms with Gasteiger partial charge in [0, 0.05) is 12.0 Å². The summed E-state index contributed by atoms with van der Waals surface area (Å²) in [5, 5.41) is 0. The van der Waals surface area contributed by atoms with Crippen molar-refractivity contribution in [1.29, 1.82) is 0 Å². The number of anilines is 3. The molecule has 2 aromatic rings. The van der Waals surface area contributed by atoms with Gasteiger partial charge in [0.05, 0.1) is 23.1 Å². The van der Waals surface area contributed by atoms with Gasteiger partial charge in [-0.15, -0.1) is 12.4 Å². The van der Waals surface area contributed by atoms with Gasteiger partial charge in [-0.3, -0.25) is 9.69 Å². The van der Waals surface area contributed by atoms with Crippen molar-refractivity contribution in [2.45, 2.75) is 31.2 Å². The standard InChI is InChI=1S/C24H27N3O.ClH/c1-4-22(28)27-17(2)18-8-7-9-19-23(18)26(20-10-5-6-11-21(20)27)16-24(19)12-14-25(3)15-13-24;/h4-11,17H,1,12-16H2,2-3H3;1H. The van der Waals surface area contributed by atoms with Crippen LogP contribution in [0.1, 0.15) is 36.9 Å². The average Bonchev–Trinajstić information content (AvgIpc) is 2.99. The molecule has 0 N–H and O–H groups in total.